The predicted molar refractivity (Wildman–Crippen MR) is 100 cm³/mol. The van der Waals surface area contributed by atoms with Gasteiger partial charge in [0.2, 0.25) is 0 Å². The van der Waals surface area contributed by atoms with Crippen molar-refractivity contribution in [3.05, 3.63) is 89.3 Å². The van der Waals surface area contributed by atoms with Gasteiger partial charge in [0.1, 0.15) is 0 Å². The molecule has 0 saturated carbocycles. The van der Waals surface area contributed by atoms with E-state index in [1.54, 1.807) is 0 Å². The Labute approximate surface area is 140 Å². The highest BCUT2D eigenvalue weighted by Gasteiger charge is 2.40. The van der Waals surface area contributed by atoms with E-state index in [4.69, 9.17) is 0 Å². The molecular weight excluding hydrogens is 278 g/mol. The van der Waals surface area contributed by atoms with E-state index in [-0.39, 0.29) is 5.41 Å². The zero-order chi connectivity index (χ0) is 17.2. The lowest BCUT2D eigenvalue weighted by molar-refractivity contribution is 0.527. The second-order valence-corrected chi connectivity index (χ2v) is 6.74. The maximum absolute atomic E-state index is 4.50. The molecule has 0 saturated heterocycles. The molecule has 1 aliphatic rings. The summed E-state index contributed by atoms with van der Waals surface area (Å²) in [6.45, 7) is 20.8. The first kappa shape index (κ1) is 17.2. The number of allylic oxidation sites excluding steroid dienone is 7. The molecule has 1 aromatic rings. The van der Waals surface area contributed by atoms with Crippen LogP contribution < -0.4 is 0 Å². The third-order valence-electron chi connectivity index (χ3n) is 4.99. The van der Waals surface area contributed by atoms with Gasteiger partial charge in [-0.3, -0.25) is 4.98 Å². The fraction of sp³-hybridized carbons (Fsp3) is 0.318. The first-order chi connectivity index (χ1) is 10.8. The molecule has 120 valence electrons. The van der Waals surface area contributed by atoms with E-state index in [2.05, 4.69) is 57.6 Å². The van der Waals surface area contributed by atoms with Crippen LogP contribution in [0.1, 0.15) is 44.9 Å². The van der Waals surface area contributed by atoms with Gasteiger partial charge in [-0.15, -0.1) is 0 Å². The summed E-state index contributed by atoms with van der Waals surface area (Å²) in [5.74, 6) is 0. The molecule has 0 bridgehead atoms. The van der Waals surface area contributed by atoms with E-state index in [1.165, 1.54) is 22.3 Å². The highest BCUT2D eigenvalue weighted by atomic mass is 14.7. The first-order valence-electron chi connectivity index (χ1n) is 8.08. The van der Waals surface area contributed by atoms with E-state index in [1.807, 2.05) is 25.3 Å². The van der Waals surface area contributed by atoms with Gasteiger partial charge >= 0.3 is 0 Å². The minimum atomic E-state index is -0.0460. The van der Waals surface area contributed by atoms with Crippen molar-refractivity contribution in [2.75, 3.05) is 0 Å². The number of hydrogen-bond acceptors (Lipinski definition) is 1. The largest absolute Gasteiger partial charge is 0.261 e. The molecule has 1 unspecified atom stereocenters. The second kappa shape index (κ2) is 6.54. The lowest BCUT2D eigenvalue weighted by Gasteiger charge is -2.32. The molecule has 1 heterocycles. The molecule has 2 rings (SSSR count). The Morgan fingerprint density at radius 3 is 2.43 bits per heavy atom. The quantitative estimate of drug-likeness (QED) is 0.480. The van der Waals surface area contributed by atoms with Crippen LogP contribution in [-0.2, 0) is 5.41 Å². The van der Waals surface area contributed by atoms with Gasteiger partial charge in [-0.2, -0.15) is 0 Å². The summed E-state index contributed by atoms with van der Waals surface area (Å²) in [7, 11) is 0. The summed E-state index contributed by atoms with van der Waals surface area (Å²) in [5.41, 5.74) is 8.49. The molecule has 1 atom stereocenters. The molecule has 0 radical (unpaired) electrons. The maximum atomic E-state index is 4.50. The van der Waals surface area contributed by atoms with Crippen LogP contribution in [0.25, 0.3) is 0 Å². The summed E-state index contributed by atoms with van der Waals surface area (Å²) >= 11 is 0. The van der Waals surface area contributed by atoms with Crippen molar-refractivity contribution >= 4 is 0 Å². The molecule has 1 nitrogen and oxygen atoms in total. The highest BCUT2D eigenvalue weighted by Crippen LogP contribution is 2.49. The molecule has 1 aliphatic carbocycles. The monoisotopic (exact) mass is 305 g/mol. The molecule has 0 N–H and O–H groups in total. The van der Waals surface area contributed by atoms with Gasteiger partial charge in [0, 0.05) is 17.3 Å². The van der Waals surface area contributed by atoms with Gasteiger partial charge in [0.25, 0.3) is 0 Å². The van der Waals surface area contributed by atoms with E-state index >= 15 is 0 Å². The molecule has 0 aliphatic heterocycles. The van der Waals surface area contributed by atoms with Crippen molar-refractivity contribution in [3.63, 3.8) is 0 Å². The van der Waals surface area contributed by atoms with E-state index in [9.17, 15) is 0 Å². The molecule has 0 spiro atoms. The van der Waals surface area contributed by atoms with Gasteiger partial charge in [-0.05, 0) is 63.3 Å². The number of hydrogen-bond donors (Lipinski definition) is 0. The Bertz CT molecular complexity index is 730. The average molecular weight is 305 g/mol. The second-order valence-electron chi connectivity index (χ2n) is 6.74. The smallest absolute Gasteiger partial charge is 0.0413 e. The average Bonchev–Trinajstić information content (AvgIpc) is 2.83. The lowest BCUT2D eigenvalue weighted by Crippen LogP contribution is -2.26. The zero-order valence-electron chi connectivity index (χ0n) is 14.9. The molecule has 1 heteroatoms. The van der Waals surface area contributed by atoms with Crippen LogP contribution in [0, 0.1) is 6.92 Å². The fourth-order valence-electron chi connectivity index (χ4n) is 3.54. The van der Waals surface area contributed by atoms with Gasteiger partial charge in [0.15, 0.2) is 0 Å². The zero-order valence-corrected chi connectivity index (χ0v) is 14.9. The molecule has 23 heavy (non-hydrogen) atoms. The van der Waals surface area contributed by atoms with Crippen LogP contribution in [0.3, 0.4) is 0 Å². The number of rotatable bonds is 5. The van der Waals surface area contributed by atoms with Gasteiger partial charge in [-0.1, -0.05) is 54.7 Å². The molecule has 0 amide bonds. The van der Waals surface area contributed by atoms with E-state index in [0.29, 0.717) is 0 Å². The van der Waals surface area contributed by atoms with Crippen molar-refractivity contribution in [3.8, 4) is 0 Å². The van der Waals surface area contributed by atoms with Crippen molar-refractivity contribution < 1.29 is 0 Å². The topological polar surface area (TPSA) is 12.9 Å². The Morgan fingerprint density at radius 1 is 1.22 bits per heavy atom. The summed E-state index contributed by atoms with van der Waals surface area (Å²) in [6, 6.07) is 4.23. The van der Waals surface area contributed by atoms with Crippen LogP contribution in [0.2, 0.25) is 0 Å². The third kappa shape index (κ3) is 3.14. The number of aryl methyl sites for hydroxylation is 1. The minimum absolute atomic E-state index is 0.0460. The molecule has 0 fully saturated rings. The summed E-state index contributed by atoms with van der Waals surface area (Å²) in [5, 5.41) is 0. The van der Waals surface area contributed by atoms with Crippen LogP contribution in [-0.4, -0.2) is 4.98 Å². The van der Waals surface area contributed by atoms with Gasteiger partial charge in [-0.25, -0.2) is 0 Å². The van der Waals surface area contributed by atoms with Crippen LogP contribution in [0.5, 0.6) is 0 Å². The summed E-state index contributed by atoms with van der Waals surface area (Å²) in [6.07, 6.45) is 7.95. The van der Waals surface area contributed by atoms with Crippen LogP contribution in [0.15, 0.2) is 78.1 Å². The van der Waals surface area contributed by atoms with E-state index in [0.717, 1.165) is 29.7 Å². The van der Waals surface area contributed by atoms with Crippen molar-refractivity contribution in [1.29, 1.82) is 0 Å². The number of pyridine rings is 1. The highest BCUT2D eigenvalue weighted by molar-refractivity contribution is 5.51. The van der Waals surface area contributed by atoms with Crippen molar-refractivity contribution in [1.82, 2.24) is 4.98 Å². The Kier molecular flexibility index (Phi) is 4.89. The fourth-order valence-corrected chi connectivity index (χ4v) is 3.54. The van der Waals surface area contributed by atoms with E-state index < -0.39 is 0 Å². The van der Waals surface area contributed by atoms with Crippen LogP contribution in [0.4, 0.5) is 0 Å². The standard InChI is InChI=1S/C22H27N/c1-8-19(15(2)3)12-20-14-22(16(4)5,13-17(20)6)21-10-9-11-23-18(21)7/h8-12H,1-2,4,13-14H2,3,5-7H3/b19-12+. The predicted octanol–water partition coefficient (Wildman–Crippen LogP) is 6.00. The number of nitrogens with zero attached hydrogens (tertiary/aromatic N) is 1. The molecular formula is C22H27N. The summed E-state index contributed by atoms with van der Waals surface area (Å²) < 4.78 is 0. The SMILES string of the molecule is C=C/C(=C\C1=C(C)CC(C(=C)C)(c2cccnc2C)C1)C(=C)C. The Balaban J connectivity index is 2.50. The Morgan fingerprint density at radius 2 is 1.91 bits per heavy atom. The van der Waals surface area contributed by atoms with Crippen molar-refractivity contribution in [2.24, 2.45) is 0 Å². The van der Waals surface area contributed by atoms with Gasteiger partial charge < -0.3 is 0 Å². The maximum Gasteiger partial charge on any atom is 0.0413 e. The third-order valence-corrected chi connectivity index (χ3v) is 4.99. The molecule has 1 aromatic heterocycles. The van der Waals surface area contributed by atoms with Gasteiger partial charge in [0.05, 0.1) is 0 Å². The van der Waals surface area contributed by atoms with Crippen LogP contribution >= 0.6 is 0 Å². The Hall–Kier alpha value is -2.15. The minimum Gasteiger partial charge on any atom is -0.261 e. The molecule has 0 aromatic carbocycles. The first-order valence-corrected chi connectivity index (χ1v) is 8.08. The normalized spacial score (nSPS) is 21.5. The number of aromatic nitrogens is 1. The summed E-state index contributed by atoms with van der Waals surface area (Å²) in [4.78, 5) is 4.50. The van der Waals surface area contributed by atoms with Crippen molar-refractivity contribution in [2.45, 2.75) is 46.0 Å². The lowest BCUT2D eigenvalue weighted by atomic mass is 9.71.